The molecule has 1 aromatic rings. The largest absolute Gasteiger partial charge is 0.496 e. The molecule has 2 heteroatoms. The van der Waals surface area contributed by atoms with Gasteiger partial charge in [-0.15, -0.1) is 0 Å². The van der Waals surface area contributed by atoms with Crippen LogP contribution in [0.15, 0.2) is 12.1 Å². The maximum Gasteiger partial charge on any atom is 0.122 e. The average molecular weight is 221 g/mol. The van der Waals surface area contributed by atoms with Crippen LogP contribution in [0.3, 0.4) is 0 Å². The molecule has 0 fully saturated rings. The fraction of sp³-hybridized carbons (Fsp3) is 0.571. The molecule has 0 aliphatic rings. The SMILES string of the molecule is COc1cc(C)c(C(C)CCCN)cc1C. The molecule has 1 atom stereocenters. The van der Waals surface area contributed by atoms with Gasteiger partial charge >= 0.3 is 0 Å². The minimum absolute atomic E-state index is 0.577. The number of hydrogen-bond acceptors (Lipinski definition) is 2. The zero-order valence-electron chi connectivity index (χ0n) is 10.8. The van der Waals surface area contributed by atoms with E-state index in [1.54, 1.807) is 7.11 Å². The summed E-state index contributed by atoms with van der Waals surface area (Å²) in [6.45, 7) is 7.29. The molecule has 0 radical (unpaired) electrons. The normalized spacial score (nSPS) is 12.6. The molecule has 1 rings (SSSR count). The van der Waals surface area contributed by atoms with E-state index in [4.69, 9.17) is 10.5 Å². The molecule has 0 aliphatic carbocycles. The summed E-state index contributed by atoms with van der Waals surface area (Å²) in [5.74, 6) is 1.56. The van der Waals surface area contributed by atoms with Crippen molar-refractivity contribution < 1.29 is 4.74 Å². The third-order valence-corrected chi connectivity index (χ3v) is 3.16. The smallest absolute Gasteiger partial charge is 0.122 e. The molecule has 0 amide bonds. The van der Waals surface area contributed by atoms with Crippen LogP contribution in [0.5, 0.6) is 5.75 Å². The Hall–Kier alpha value is -1.02. The van der Waals surface area contributed by atoms with Crippen molar-refractivity contribution in [2.45, 2.75) is 39.5 Å². The first-order chi connectivity index (χ1) is 7.60. The van der Waals surface area contributed by atoms with Crippen molar-refractivity contribution in [3.63, 3.8) is 0 Å². The Morgan fingerprint density at radius 1 is 1.25 bits per heavy atom. The van der Waals surface area contributed by atoms with Crippen LogP contribution in [-0.4, -0.2) is 13.7 Å². The van der Waals surface area contributed by atoms with Gasteiger partial charge in [0.25, 0.3) is 0 Å². The van der Waals surface area contributed by atoms with E-state index in [-0.39, 0.29) is 0 Å². The Balaban J connectivity index is 2.92. The molecule has 2 N–H and O–H groups in total. The third-order valence-electron chi connectivity index (χ3n) is 3.16. The van der Waals surface area contributed by atoms with Crippen LogP contribution in [-0.2, 0) is 0 Å². The fourth-order valence-electron chi connectivity index (χ4n) is 2.14. The number of rotatable bonds is 5. The summed E-state index contributed by atoms with van der Waals surface area (Å²) < 4.78 is 5.32. The molecule has 0 bridgehead atoms. The van der Waals surface area contributed by atoms with E-state index < -0.39 is 0 Å². The van der Waals surface area contributed by atoms with Gasteiger partial charge < -0.3 is 10.5 Å². The van der Waals surface area contributed by atoms with Crippen molar-refractivity contribution in [3.05, 3.63) is 28.8 Å². The Bertz CT molecular complexity index is 347. The molecule has 2 nitrogen and oxygen atoms in total. The molecule has 0 heterocycles. The van der Waals surface area contributed by atoms with Gasteiger partial charge in [0.2, 0.25) is 0 Å². The summed E-state index contributed by atoms with van der Waals surface area (Å²) in [6, 6.07) is 4.37. The van der Waals surface area contributed by atoms with Crippen molar-refractivity contribution in [1.82, 2.24) is 0 Å². The van der Waals surface area contributed by atoms with E-state index in [0.29, 0.717) is 5.92 Å². The van der Waals surface area contributed by atoms with Crippen LogP contribution in [0, 0.1) is 13.8 Å². The van der Waals surface area contributed by atoms with Crippen LogP contribution in [0.25, 0.3) is 0 Å². The second kappa shape index (κ2) is 5.90. The quantitative estimate of drug-likeness (QED) is 0.829. The van der Waals surface area contributed by atoms with Crippen LogP contribution < -0.4 is 10.5 Å². The van der Waals surface area contributed by atoms with Crippen molar-refractivity contribution in [2.24, 2.45) is 5.73 Å². The molecule has 0 spiro atoms. The van der Waals surface area contributed by atoms with Crippen molar-refractivity contribution in [1.29, 1.82) is 0 Å². The van der Waals surface area contributed by atoms with Gasteiger partial charge in [-0.3, -0.25) is 0 Å². The van der Waals surface area contributed by atoms with Crippen LogP contribution in [0.2, 0.25) is 0 Å². The second-order valence-electron chi connectivity index (χ2n) is 4.51. The molecule has 90 valence electrons. The zero-order valence-corrected chi connectivity index (χ0v) is 10.8. The minimum Gasteiger partial charge on any atom is -0.496 e. The van der Waals surface area contributed by atoms with E-state index in [0.717, 1.165) is 25.1 Å². The van der Waals surface area contributed by atoms with Crippen LogP contribution in [0.4, 0.5) is 0 Å². The standard InChI is InChI=1S/C14H23NO/c1-10(6-5-7-15)13-8-12(3)14(16-4)9-11(13)2/h8-10H,5-7,15H2,1-4H3. The van der Waals surface area contributed by atoms with Crippen LogP contribution in [0.1, 0.15) is 42.4 Å². The average Bonchev–Trinajstić information content (AvgIpc) is 2.28. The number of ether oxygens (including phenoxy) is 1. The molecular formula is C14H23NO. The van der Waals surface area contributed by atoms with E-state index >= 15 is 0 Å². The molecule has 0 saturated heterocycles. The Labute approximate surface area is 98.8 Å². The molecule has 1 unspecified atom stereocenters. The first-order valence-electron chi connectivity index (χ1n) is 5.95. The van der Waals surface area contributed by atoms with Crippen molar-refractivity contribution >= 4 is 0 Å². The Kier molecular flexibility index (Phi) is 4.81. The van der Waals surface area contributed by atoms with Crippen LogP contribution >= 0.6 is 0 Å². The topological polar surface area (TPSA) is 35.2 Å². The highest BCUT2D eigenvalue weighted by atomic mass is 16.5. The predicted octanol–water partition coefficient (Wildman–Crippen LogP) is 3.15. The highest BCUT2D eigenvalue weighted by Crippen LogP contribution is 2.29. The van der Waals surface area contributed by atoms with E-state index in [1.807, 2.05) is 0 Å². The lowest BCUT2D eigenvalue weighted by Gasteiger charge is -2.17. The molecule has 16 heavy (non-hydrogen) atoms. The number of methoxy groups -OCH3 is 1. The molecule has 1 aromatic carbocycles. The number of hydrogen-bond donors (Lipinski definition) is 1. The van der Waals surface area contributed by atoms with E-state index in [1.165, 1.54) is 16.7 Å². The monoisotopic (exact) mass is 221 g/mol. The van der Waals surface area contributed by atoms with Gasteiger partial charge in [0, 0.05) is 0 Å². The lowest BCUT2D eigenvalue weighted by molar-refractivity contribution is 0.411. The summed E-state index contributed by atoms with van der Waals surface area (Å²) >= 11 is 0. The summed E-state index contributed by atoms with van der Waals surface area (Å²) in [7, 11) is 1.72. The Morgan fingerprint density at radius 3 is 2.50 bits per heavy atom. The number of aryl methyl sites for hydroxylation is 2. The summed E-state index contributed by atoms with van der Waals surface area (Å²) in [5, 5.41) is 0. The zero-order chi connectivity index (χ0) is 12.1. The maximum atomic E-state index is 5.55. The van der Waals surface area contributed by atoms with Crippen molar-refractivity contribution in [2.75, 3.05) is 13.7 Å². The highest BCUT2D eigenvalue weighted by molar-refractivity contribution is 5.42. The van der Waals surface area contributed by atoms with E-state index in [9.17, 15) is 0 Å². The summed E-state index contributed by atoms with van der Waals surface area (Å²) in [6.07, 6.45) is 2.24. The molecule has 0 saturated carbocycles. The molecule has 0 aliphatic heterocycles. The maximum absolute atomic E-state index is 5.55. The Morgan fingerprint density at radius 2 is 1.94 bits per heavy atom. The lowest BCUT2D eigenvalue weighted by Crippen LogP contribution is -2.04. The number of benzene rings is 1. The summed E-state index contributed by atoms with van der Waals surface area (Å²) in [4.78, 5) is 0. The highest BCUT2D eigenvalue weighted by Gasteiger charge is 2.10. The second-order valence-corrected chi connectivity index (χ2v) is 4.51. The van der Waals surface area contributed by atoms with Gasteiger partial charge in [-0.1, -0.05) is 13.0 Å². The first kappa shape index (κ1) is 13.0. The van der Waals surface area contributed by atoms with Gasteiger partial charge in [0.1, 0.15) is 5.75 Å². The van der Waals surface area contributed by atoms with Crippen molar-refractivity contribution in [3.8, 4) is 5.75 Å². The predicted molar refractivity (Wildman–Crippen MR) is 69.2 cm³/mol. The molecule has 0 aromatic heterocycles. The van der Waals surface area contributed by atoms with Gasteiger partial charge in [0.05, 0.1) is 7.11 Å². The third kappa shape index (κ3) is 2.99. The van der Waals surface area contributed by atoms with Gasteiger partial charge in [-0.05, 0) is 61.9 Å². The minimum atomic E-state index is 0.577. The summed E-state index contributed by atoms with van der Waals surface area (Å²) in [5.41, 5.74) is 9.49. The van der Waals surface area contributed by atoms with Gasteiger partial charge in [-0.2, -0.15) is 0 Å². The number of nitrogens with two attached hydrogens (primary N) is 1. The lowest BCUT2D eigenvalue weighted by atomic mass is 9.91. The van der Waals surface area contributed by atoms with Gasteiger partial charge in [0.15, 0.2) is 0 Å². The fourth-order valence-corrected chi connectivity index (χ4v) is 2.14. The molecular weight excluding hydrogens is 198 g/mol. The first-order valence-corrected chi connectivity index (χ1v) is 5.95. The van der Waals surface area contributed by atoms with Gasteiger partial charge in [-0.25, -0.2) is 0 Å². The van der Waals surface area contributed by atoms with E-state index in [2.05, 4.69) is 32.9 Å².